The molecule has 2 aliphatic heterocycles. The van der Waals surface area contributed by atoms with Gasteiger partial charge < -0.3 is 9.64 Å². The molecule has 1 amide bonds. The van der Waals surface area contributed by atoms with E-state index in [1.165, 1.54) is 0 Å². The van der Waals surface area contributed by atoms with Crippen molar-refractivity contribution in [1.29, 1.82) is 0 Å². The second kappa shape index (κ2) is 4.55. The molecule has 0 N–H and O–H groups in total. The molecule has 4 rings (SSSR count). The monoisotopic (exact) mass is 282 g/mol. The summed E-state index contributed by atoms with van der Waals surface area (Å²) in [5.74, 6) is -0.627. The Hall–Kier alpha value is -2.43. The van der Waals surface area contributed by atoms with Crippen molar-refractivity contribution in [3.05, 3.63) is 41.6 Å². The predicted molar refractivity (Wildman–Crippen MR) is 75.1 cm³/mol. The van der Waals surface area contributed by atoms with Gasteiger partial charge in [0.15, 0.2) is 0 Å². The molecule has 106 valence electrons. The summed E-state index contributed by atoms with van der Waals surface area (Å²) in [6.45, 7) is 1.29. The first-order chi connectivity index (χ1) is 10.2. The van der Waals surface area contributed by atoms with Crippen LogP contribution in [0.2, 0.25) is 0 Å². The fraction of sp³-hybridized carbons (Fsp3) is 0.312. The molecule has 2 aliphatic rings. The van der Waals surface area contributed by atoms with Crippen LogP contribution in [0.4, 0.5) is 0 Å². The van der Waals surface area contributed by atoms with Gasteiger partial charge in [0.05, 0.1) is 30.1 Å². The summed E-state index contributed by atoms with van der Waals surface area (Å²) in [6.07, 6.45) is 0.196. The van der Waals surface area contributed by atoms with Gasteiger partial charge in [-0.25, -0.2) is 0 Å². The third kappa shape index (κ3) is 2.05. The van der Waals surface area contributed by atoms with Crippen molar-refractivity contribution < 1.29 is 14.3 Å². The molecule has 0 bridgehead atoms. The molecular weight excluding hydrogens is 268 g/mol. The van der Waals surface area contributed by atoms with Crippen LogP contribution >= 0.6 is 0 Å². The number of rotatable bonds is 1. The number of hydrogen-bond donors (Lipinski definition) is 0. The van der Waals surface area contributed by atoms with Crippen molar-refractivity contribution >= 4 is 22.8 Å². The number of para-hydroxylation sites is 1. The molecular formula is C16H14N2O3. The van der Waals surface area contributed by atoms with Crippen LogP contribution in [0.3, 0.4) is 0 Å². The highest BCUT2D eigenvalue weighted by atomic mass is 16.5. The second-order valence-corrected chi connectivity index (χ2v) is 5.57. The number of carbonyl (C=O) groups is 2. The molecule has 5 heteroatoms. The number of esters is 1. The van der Waals surface area contributed by atoms with Crippen molar-refractivity contribution in [1.82, 2.24) is 9.88 Å². The molecule has 2 aromatic rings. The topological polar surface area (TPSA) is 59.5 Å². The molecule has 1 aromatic carbocycles. The van der Waals surface area contributed by atoms with Crippen LogP contribution in [0.15, 0.2) is 30.3 Å². The summed E-state index contributed by atoms with van der Waals surface area (Å²) in [4.78, 5) is 30.0. The summed E-state index contributed by atoms with van der Waals surface area (Å²) >= 11 is 0. The van der Waals surface area contributed by atoms with Gasteiger partial charge in [0.25, 0.3) is 0 Å². The van der Waals surface area contributed by atoms with Gasteiger partial charge in [-0.2, -0.15) is 0 Å². The summed E-state index contributed by atoms with van der Waals surface area (Å²) in [6, 6.07) is 10.0. The standard InChI is InChI=1S/C16H14N2O3/c19-15-6-12(9-21-15)16(20)18-7-11-5-10-3-1-2-4-13(10)17-14(11)8-18/h1-5,12H,6-9H2/t12-/m0/s1. The largest absolute Gasteiger partial charge is 0.465 e. The lowest BCUT2D eigenvalue weighted by molar-refractivity contribution is -0.138. The minimum absolute atomic E-state index is 0.0112. The summed E-state index contributed by atoms with van der Waals surface area (Å²) in [7, 11) is 0. The minimum Gasteiger partial charge on any atom is -0.465 e. The molecule has 1 saturated heterocycles. The molecule has 3 heterocycles. The molecule has 0 radical (unpaired) electrons. The summed E-state index contributed by atoms with van der Waals surface area (Å²) < 4.78 is 4.88. The van der Waals surface area contributed by atoms with Gasteiger partial charge in [0.2, 0.25) is 5.91 Å². The van der Waals surface area contributed by atoms with Gasteiger partial charge in [0.1, 0.15) is 6.61 Å². The number of cyclic esters (lactones) is 1. The smallest absolute Gasteiger partial charge is 0.306 e. The fourth-order valence-corrected chi connectivity index (χ4v) is 3.00. The number of amides is 1. The molecule has 0 unspecified atom stereocenters. The number of benzene rings is 1. The first-order valence-electron chi connectivity index (χ1n) is 7.02. The Morgan fingerprint density at radius 3 is 2.95 bits per heavy atom. The highest BCUT2D eigenvalue weighted by Crippen LogP contribution is 2.28. The van der Waals surface area contributed by atoms with Crippen LogP contribution in [-0.4, -0.2) is 28.4 Å². The first kappa shape index (κ1) is 12.3. The first-order valence-corrected chi connectivity index (χ1v) is 7.02. The molecule has 0 spiro atoms. The Morgan fingerprint density at radius 1 is 1.29 bits per heavy atom. The molecule has 5 nitrogen and oxygen atoms in total. The van der Waals surface area contributed by atoms with E-state index in [4.69, 9.17) is 4.74 Å². The van der Waals surface area contributed by atoms with E-state index >= 15 is 0 Å². The van der Waals surface area contributed by atoms with Crippen LogP contribution in [-0.2, 0) is 27.4 Å². The second-order valence-electron chi connectivity index (χ2n) is 5.57. The maximum Gasteiger partial charge on any atom is 0.306 e. The van der Waals surface area contributed by atoms with Crippen LogP contribution in [0, 0.1) is 5.92 Å². The number of carbonyl (C=O) groups excluding carboxylic acids is 2. The predicted octanol–water partition coefficient (Wildman–Crippen LogP) is 1.64. The van der Waals surface area contributed by atoms with E-state index in [0.717, 1.165) is 22.2 Å². The number of nitrogens with zero attached hydrogens (tertiary/aromatic N) is 2. The molecule has 21 heavy (non-hydrogen) atoms. The zero-order valence-corrected chi connectivity index (χ0v) is 11.4. The Bertz CT molecular complexity index is 712. The lowest BCUT2D eigenvalue weighted by atomic mass is 10.1. The Labute approximate surface area is 121 Å². The van der Waals surface area contributed by atoms with E-state index in [1.807, 2.05) is 24.3 Å². The summed E-state index contributed by atoms with van der Waals surface area (Å²) in [5, 5.41) is 1.09. The maximum absolute atomic E-state index is 12.4. The third-order valence-corrected chi connectivity index (χ3v) is 4.11. The number of hydrogen-bond acceptors (Lipinski definition) is 4. The van der Waals surface area contributed by atoms with Gasteiger partial charge >= 0.3 is 5.97 Å². The lowest BCUT2D eigenvalue weighted by Gasteiger charge is -2.17. The Kier molecular flexibility index (Phi) is 2.67. The Morgan fingerprint density at radius 2 is 2.14 bits per heavy atom. The van der Waals surface area contributed by atoms with Crippen molar-refractivity contribution in [2.24, 2.45) is 5.92 Å². The molecule has 1 fully saturated rings. The minimum atomic E-state index is -0.332. The third-order valence-electron chi connectivity index (χ3n) is 4.11. The van der Waals surface area contributed by atoms with Gasteiger partial charge in [0, 0.05) is 11.9 Å². The van der Waals surface area contributed by atoms with Crippen molar-refractivity contribution in [3.63, 3.8) is 0 Å². The van der Waals surface area contributed by atoms with Crippen LogP contribution in [0.25, 0.3) is 10.9 Å². The van der Waals surface area contributed by atoms with Gasteiger partial charge in [-0.3, -0.25) is 14.6 Å². The van der Waals surface area contributed by atoms with Crippen molar-refractivity contribution in [3.8, 4) is 0 Å². The molecule has 0 saturated carbocycles. The molecule has 1 atom stereocenters. The number of pyridine rings is 1. The highest BCUT2D eigenvalue weighted by Gasteiger charge is 2.35. The van der Waals surface area contributed by atoms with Gasteiger partial charge in [-0.05, 0) is 17.7 Å². The highest BCUT2D eigenvalue weighted by molar-refractivity contribution is 5.87. The quantitative estimate of drug-likeness (QED) is 0.746. The van der Waals surface area contributed by atoms with E-state index in [0.29, 0.717) is 13.1 Å². The number of ether oxygens (including phenoxy) is 1. The van der Waals surface area contributed by atoms with E-state index < -0.39 is 0 Å². The average molecular weight is 282 g/mol. The van der Waals surface area contributed by atoms with Crippen molar-refractivity contribution in [2.75, 3.05) is 6.61 Å². The van der Waals surface area contributed by atoms with Crippen molar-refractivity contribution in [2.45, 2.75) is 19.5 Å². The zero-order chi connectivity index (χ0) is 14.4. The van der Waals surface area contributed by atoms with E-state index in [1.54, 1.807) is 4.90 Å². The lowest BCUT2D eigenvalue weighted by Crippen LogP contribution is -2.32. The number of fused-ring (bicyclic) bond motifs is 2. The fourth-order valence-electron chi connectivity index (χ4n) is 3.00. The molecule has 0 aliphatic carbocycles. The van der Waals surface area contributed by atoms with Crippen LogP contribution < -0.4 is 0 Å². The zero-order valence-electron chi connectivity index (χ0n) is 11.4. The van der Waals surface area contributed by atoms with Crippen LogP contribution in [0.5, 0.6) is 0 Å². The Balaban J connectivity index is 1.60. The van der Waals surface area contributed by atoms with E-state index in [9.17, 15) is 9.59 Å². The number of aromatic nitrogens is 1. The van der Waals surface area contributed by atoms with Gasteiger partial charge in [-0.15, -0.1) is 0 Å². The van der Waals surface area contributed by atoms with E-state index in [2.05, 4.69) is 11.1 Å². The summed E-state index contributed by atoms with van der Waals surface area (Å²) in [5.41, 5.74) is 2.99. The average Bonchev–Trinajstić information content (AvgIpc) is 3.09. The van der Waals surface area contributed by atoms with E-state index in [-0.39, 0.29) is 30.8 Å². The molecule has 1 aromatic heterocycles. The SMILES string of the molecule is O=C1C[C@H](C(=O)N2Cc3cc4ccccc4nc3C2)CO1. The normalized spacial score (nSPS) is 20.7. The van der Waals surface area contributed by atoms with Gasteiger partial charge in [-0.1, -0.05) is 18.2 Å². The maximum atomic E-state index is 12.4. The van der Waals surface area contributed by atoms with Crippen LogP contribution in [0.1, 0.15) is 17.7 Å².